The Labute approximate surface area is 120 Å². The van der Waals surface area contributed by atoms with Crippen molar-refractivity contribution in [2.45, 2.75) is 13.0 Å². The lowest BCUT2D eigenvalue weighted by Gasteiger charge is -2.10. The predicted octanol–water partition coefficient (Wildman–Crippen LogP) is 1.80. The Morgan fingerprint density at radius 1 is 1.00 bits per heavy atom. The second-order valence-electron chi connectivity index (χ2n) is 4.31. The van der Waals surface area contributed by atoms with Gasteiger partial charge in [0.15, 0.2) is 0 Å². The van der Waals surface area contributed by atoms with Gasteiger partial charge >= 0.3 is 0 Å². The quantitative estimate of drug-likeness (QED) is 0.628. The molecule has 114 valence electrons. The van der Waals surface area contributed by atoms with Gasteiger partial charge in [0.25, 0.3) is 0 Å². The summed E-state index contributed by atoms with van der Waals surface area (Å²) < 4.78 is 21.0. The lowest BCUT2D eigenvalue weighted by atomic mass is 10.1. The van der Waals surface area contributed by atoms with E-state index < -0.39 is 6.10 Å². The van der Waals surface area contributed by atoms with Crippen molar-refractivity contribution in [2.75, 3.05) is 46.8 Å². The molecule has 0 saturated heterocycles. The third-order valence-corrected chi connectivity index (χ3v) is 2.64. The number of hydrogen-bond donors (Lipinski definition) is 1. The van der Waals surface area contributed by atoms with E-state index in [1.807, 2.05) is 24.3 Å². The van der Waals surface area contributed by atoms with Gasteiger partial charge in [-0.2, -0.15) is 0 Å². The fourth-order valence-corrected chi connectivity index (χ4v) is 1.55. The minimum atomic E-state index is -0.487. The van der Waals surface area contributed by atoms with Gasteiger partial charge in [-0.3, -0.25) is 0 Å². The highest BCUT2D eigenvalue weighted by Crippen LogP contribution is 2.18. The van der Waals surface area contributed by atoms with Crippen LogP contribution in [0.1, 0.15) is 18.6 Å². The maximum absolute atomic E-state index is 9.48. The Morgan fingerprint density at radius 2 is 1.65 bits per heavy atom. The van der Waals surface area contributed by atoms with E-state index in [9.17, 15) is 5.11 Å². The molecule has 1 N–H and O–H groups in total. The molecule has 0 amide bonds. The van der Waals surface area contributed by atoms with E-state index in [1.54, 1.807) is 14.0 Å². The standard InChI is InChI=1S/C15H24O5/c1-13(16)14-4-3-5-15(12-14)20-11-10-19-9-8-18-7-6-17-2/h3-5,12-13,16H,6-11H2,1-2H3/t13-/m1/s1. The second kappa shape index (κ2) is 10.6. The van der Waals surface area contributed by atoms with Gasteiger partial charge in [0, 0.05) is 7.11 Å². The maximum Gasteiger partial charge on any atom is 0.119 e. The second-order valence-corrected chi connectivity index (χ2v) is 4.31. The molecule has 0 aliphatic carbocycles. The monoisotopic (exact) mass is 284 g/mol. The molecule has 5 heteroatoms. The third kappa shape index (κ3) is 7.45. The first-order valence-electron chi connectivity index (χ1n) is 6.79. The van der Waals surface area contributed by atoms with Crippen molar-refractivity contribution in [1.29, 1.82) is 0 Å². The predicted molar refractivity (Wildman–Crippen MR) is 76.1 cm³/mol. The van der Waals surface area contributed by atoms with Crippen molar-refractivity contribution < 1.29 is 24.1 Å². The molecule has 5 nitrogen and oxygen atoms in total. The summed E-state index contributed by atoms with van der Waals surface area (Å²) in [5, 5.41) is 9.48. The van der Waals surface area contributed by atoms with Crippen LogP contribution in [0.2, 0.25) is 0 Å². The Hall–Kier alpha value is -1.14. The molecular weight excluding hydrogens is 260 g/mol. The number of methoxy groups -OCH3 is 1. The molecule has 1 aromatic carbocycles. The van der Waals surface area contributed by atoms with Gasteiger partial charge in [-0.1, -0.05) is 12.1 Å². The molecule has 0 saturated carbocycles. The maximum atomic E-state index is 9.48. The molecule has 1 aromatic rings. The molecule has 0 aliphatic heterocycles. The average molecular weight is 284 g/mol. The van der Waals surface area contributed by atoms with Gasteiger partial charge in [-0.25, -0.2) is 0 Å². The smallest absolute Gasteiger partial charge is 0.119 e. The third-order valence-electron chi connectivity index (χ3n) is 2.64. The number of hydrogen-bond acceptors (Lipinski definition) is 5. The van der Waals surface area contributed by atoms with Crippen molar-refractivity contribution in [3.8, 4) is 5.75 Å². The summed E-state index contributed by atoms with van der Waals surface area (Å²) in [5.41, 5.74) is 0.843. The Morgan fingerprint density at radius 3 is 2.30 bits per heavy atom. The van der Waals surface area contributed by atoms with Crippen molar-refractivity contribution in [1.82, 2.24) is 0 Å². The van der Waals surface area contributed by atoms with Crippen molar-refractivity contribution in [2.24, 2.45) is 0 Å². The van der Waals surface area contributed by atoms with Crippen molar-refractivity contribution in [3.63, 3.8) is 0 Å². The zero-order valence-corrected chi connectivity index (χ0v) is 12.2. The van der Waals surface area contributed by atoms with Crippen molar-refractivity contribution >= 4 is 0 Å². The Bertz CT molecular complexity index is 354. The molecule has 0 unspecified atom stereocenters. The highest BCUT2D eigenvalue weighted by Gasteiger charge is 2.02. The highest BCUT2D eigenvalue weighted by molar-refractivity contribution is 5.29. The van der Waals surface area contributed by atoms with Gasteiger partial charge in [-0.05, 0) is 24.6 Å². The normalized spacial score (nSPS) is 12.3. The van der Waals surface area contributed by atoms with E-state index in [0.717, 1.165) is 11.3 Å². The number of rotatable bonds is 11. The molecule has 0 aromatic heterocycles. The van der Waals surface area contributed by atoms with Crippen LogP contribution in [-0.2, 0) is 14.2 Å². The Kier molecular flexibility index (Phi) is 8.98. The molecule has 20 heavy (non-hydrogen) atoms. The summed E-state index contributed by atoms with van der Waals surface area (Å²) in [5.74, 6) is 0.739. The first-order valence-corrected chi connectivity index (χ1v) is 6.79. The van der Waals surface area contributed by atoms with E-state index >= 15 is 0 Å². The lowest BCUT2D eigenvalue weighted by Crippen LogP contribution is -2.12. The zero-order chi connectivity index (χ0) is 14.6. The summed E-state index contributed by atoms with van der Waals surface area (Å²) in [6.07, 6.45) is -0.487. The van der Waals surface area contributed by atoms with Crippen LogP contribution in [0.25, 0.3) is 0 Å². The highest BCUT2D eigenvalue weighted by atomic mass is 16.6. The van der Waals surface area contributed by atoms with E-state index in [2.05, 4.69) is 0 Å². The molecule has 0 heterocycles. The summed E-state index contributed by atoms with van der Waals surface area (Å²) in [6.45, 7) is 4.99. The van der Waals surface area contributed by atoms with Crippen LogP contribution < -0.4 is 4.74 Å². The number of benzene rings is 1. The Balaban J connectivity index is 2.05. The summed E-state index contributed by atoms with van der Waals surface area (Å²) in [6, 6.07) is 7.42. The van der Waals surface area contributed by atoms with Gasteiger partial charge in [-0.15, -0.1) is 0 Å². The fraction of sp³-hybridized carbons (Fsp3) is 0.600. The minimum absolute atomic E-state index is 0.474. The topological polar surface area (TPSA) is 57.2 Å². The van der Waals surface area contributed by atoms with Crippen molar-refractivity contribution in [3.05, 3.63) is 29.8 Å². The molecule has 0 spiro atoms. The lowest BCUT2D eigenvalue weighted by molar-refractivity contribution is 0.0179. The molecule has 1 rings (SSSR count). The summed E-state index contributed by atoms with van der Waals surface area (Å²) in [4.78, 5) is 0. The number of ether oxygens (including phenoxy) is 4. The molecule has 0 fully saturated rings. The van der Waals surface area contributed by atoms with Crippen LogP contribution in [0, 0.1) is 0 Å². The van der Waals surface area contributed by atoms with E-state index in [1.165, 1.54) is 0 Å². The summed E-state index contributed by atoms with van der Waals surface area (Å²) >= 11 is 0. The van der Waals surface area contributed by atoms with E-state index in [4.69, 9.17) is 18.9 Å². The zero-order valence-electron chi connectivity index (χ0n) is 12.2. The molecular formula is C15H24O5. The number of aliphatic hydroxyl groups is 1. The van der Waals surface area contributed by atoms with Gasteiger partial charge < -0.3 is 24.1 Å². The molecule has 1 atom stereocenters. The van der Waals surface area contributed by atoms with Gasteiger partial charge in [0.1, 0.15) is 12.4 Å². The van der Waals surface area contributed by atoms with E-state index in [0.29, 0.717) is 39.6 Å². The van der Waals surface area contributed by atoms with Gasteiger partial charge in [0.05, 0.1) is 39.1 Å². The van der Waals surface area contributed by atoms with Crippen LogP contribution in [-0.4, -0.2) is 51.9 Å². The van der Waals surface area contributed by atoms with Crippen LogP contribution >= 0.6 is 0 Å². The SMILES string of the molecule is COCCOCCOCCOc1cccc([C@@H](C)O)c1. The summed E-state index contributed by atoms with van der Waals surface area (Å²) in [7, 11) is 1.64. The molecule has 0 bridgehead atoms. The largest absolute Gasteiger partial charge is 0.491 e. The fourth-order valence-electron chi connectivity index (χ4n) is 1.55. The van der Waals surface area contributed by atoms with Gasteiger partial charge in [0.2, 0.25) is 0 Å². The number of aliphatic hydroxyl groups excluding tert-OH is 1. The van der Waals surface area contributed by atoms with Crippen LogP contribution in [0.15, 0.2) is 24.3 Å². The van der Waals surface area contributed by atoms with Crippen LogP contribution in [0.4, 0.5) is 0 Å². The minimum Gasteiger partial charge on any atom is -0.491 e. The van der Waals surface area contributed by atoms with Crippen LogP contribution in [0.3, 0.4) is 0 Å². The molecule has 0 aliphatic rings. The average Bonchev–Trinajstić information content (AvgIpc) is 2.46. The van der Waals surface area contributed by atoms with E-state index in [-0.39, 0.29) is 0 Å². The van der Waals surface area contributed by atoms with Crippen LogP contribution in [0.5, 0.6) is 5.75 Å². The first-order chi connectivity index (χ1) is 9.74. The first kappa shape index (κ1) is 16.9. The molecule has 0 radical (unpaired) electrons.